The van der Waals surface area contributed by atoms with Crippen molar-refractivity contribution in [3.8, 4) is 0 Å². The van der Waals surface area contributed by atoms with Crippen molar-refractivity contribution < 1.29 is 28.5 Å². The summed E-state index contributed by atoms with van der Waals surface area (Å²) in [4.78, 5) is 23.8. The minimum Gasteiger partial charge on any atom is -0.471 e. The molecule has 3 heterocycles. The van der Waals surface area contributed by atoms with Gasteiger partial charge in [0.2, 0.25) is 6.29 Å². The van der Waals surface area contributed by atoms with Crippen LogP contribution in [0.15, 0.2) is 35.6 Å². The number of hydrogen-bond acceptors (Lipinski definition) is 6. The first-order valence-corrected chi connectivity index (χ1v) is 6.80. The van der Waals surface area contributed by atoms with E-state index in [9.17, 15) is 9.59 Å². The van der Waals surface area contributed by atoms with E-state index in [0.717, 1.165) is 0 Å². The Morgan fingerprint density at radius 2 is 2.29 bits per heavy atom. The molecule has 0 saturated carbocycles. The molecule has 1 spiro atoms. The summed E-state index contributed by atoms with van der Waals surface area (Å²) in [5, 5.41) is 0. The molecule has 4 aliphatic rings. The van der Waals surface area contributed by atoms with Crippen LogP contribution in [0.3, 0.4) is 0 Å². The van der Waals surface area contributed by atoms with Gasteiger partial charge in [-0.25, -0.2) is 9.59 Å². The van der Waals surface area contributed by atoms with Crippen LogP contribution in [-0.4, -0.2) is 37.0 Å². The lowest BCUT2D eigenvalue weighted by molar-refractivity contribution is -0.152. The van der Waals surface area contributed by atoms with Gasteiger partial charge in [0.05, 0.1) is 30.4 Å². The highest BCUT2D eigenvalue weighted by Crippen LogP contribution is 2.57. The number of allylic oxidation sites excluding steroid dienone is 2. The summed E-state index contributed by atoms with van der Waals surface area (Å²) >= 11 is 0. The highest BCUT2D eigenvalue weighted by molar-refractivity contribution is 5.94. The van der Waals surface area contributed by atoms with Gasteiger partial charge in [-0.2, -0.15) is 0 Å². The fourth-order valence-electron chi connectivity index (χ4n) is 3.74. The highest BCUT2D eigenvalue weighted by Gasteiger charge is 2.70. The predicted molar refractivity (Wildman–Crippen MR) is 68.5 cm³/mol. The molecule has 6 heteroatoms. The Morgan fingerprint density at radius 3 is 3.00 bits per heavy atom. The van der Waals surface area contributed by atoms with Crippen molar-refractivity contribution in [2.24, 2.45) is 11.8 Å². The third-order valence-electron chi connectivity index (χ3n) is 4.65. The lowest BCUT2D eigenvalue weighted by atomic mass is 9.78. The molecule has 0 unspecified atom stereocenters. The molecule has 0 bridgehead atoms. The number of carbonyl (C=O) groups excluding carboxylic acids is 2. The third kappa shape index (κ3) is 1.35. The zero-order valence-electron chi connectivity index (χ0n) is 11.6. The highest BCUT2D eigenvalue weighted by atomic mass is 16.7. The summed E-state index contributed by atoms with van der Waals surface area (Å²) in [7, 11) is 1.32. The van der Waals surface area contributed by atoms with Crippen LogP contribution in [0.2, 0.25) is 0 Å². The number of ether oxygens (including phenoxy) is 4. The zero-order valence-corrected chi connectivity index (χ0v) is 11.6. The molecule has 0 N–H and O–H groups in total. The largest absolute Gasteiger partial charge is 0.471 e. The molecular weight excluding hydrogens is 276 g/mol. The van der Waals surface area contributed by atoms with Crippen molar-refractivity contribution in [1.82, 2.24) is 0 Å². The molecular formula is C15H14O6. The molecule has 5 atom stereocenters. The molecule has 110 valence electrons. The van der Waals surface area contributed by atoms with Gasteiger partial charge in [0, 0.05) is 5.92 Å². The monoisotopic (exact) mass is 290 g/mol. The summed E-state index contributed by atoms with van der Waals surface area (Å²) in [6.07, 6.45) is 5.77. The Kier molecular flexibility index (Phi) is 2.39. The molecule has 0 radical (unpaired) electrons. The van der Waals surface area contributed by atoms with Crippen LogP contribution in [0.4, 0.5) is 0 Å². The maximum Gasteiger partial charge on any atom is 0.337 e. The van der Waals surface area contributed by atoms with Crippen molar-refractivity contribution >= 4 is 11.9 Å². The van der Waals surface area contributed by atoms with Gasteiger partial charge in [0.15, 0.2) is 5.60 Å². The van der Waals surface area contributed by atoms with Crippen molar-refractivity contribution in [2.75, 3.05) is 7.11 Å². The standard InChI is InChI=1S/C15H14O6/c1-3-7-11-15(21-13(7)17)5-4-8-9(12(16)18-2)6-19-14(20-11)10(8)15/h3-6,8,10-11,14H,1-2H3/b7-3+/t8-,10+,11-,14+,15-/m0/s1. The first-order chi connectivity index (χ1) is 10.1. The second-order valence-corrected chi connectivity index (χ2v) is 5.48. The van der Waals surface area contributed by atoms with E-state index in [1.807, 2.05) is 12.2 Å². The van der Waals surface area contributed by atoms with Gasteiger partial charge in [-0.1, -0.05) is 12.2 Å². The number of esters is 2. The fourth-order valence-corrected chi connectivity index (χ4v) is 3.74. The van der Waals surface area contributed by atoms with Crippen LogP contribution < -0.4 is 0 Å². The minimum absolute atomic E-state index is 0.231. The van der Waals surface area contributed by atoms with E-state index in [-0.39, 0.29) is 17.8 Å². The lowest BCUT2D eigenvalue weighted by Crippen LogP contribution is -2.43. The van der Waals surface area contributed by atoms with E-state index in [0.29, 0.717) is 11.1 Å². The van der Waals surface area contributed by atoms with Crippen LogP contribution in [0, 0.1) is 11.8 Å². The van der Waals surface area contributed by atoms with E-state index in [1.165, 1.54) is 13.4 Å². The second kappa shape index (κ2) is 3.98. The molecule has 0 aromatic carbocycles. The van der Waals surface area contributed by atoms with E-state index in [4.69, 9.17) is 18.9 Å². The second-order valence-electron chi connectivity index (χ2n) is 5.48. The molecule has 0 aromatic rings. The molecule has 0 amide bonds. The maximum atomic E-state index is 12.0. The average molecular weight is 290 g/mol. The fraction of sp³-hybridized carbons (Fsp3) is 0.467. The smallest absolute Gasteiger partial charge is 0.337 e. The van der Waals surface area contributed by atoms with Gasteiger partial charge in [0.25, 0.3) is 0 Å². The van der Waals surface area contributed by atoms with Crippen LogP contribution in [0.1, 0.15) is 6.92 Å². The maximum absolute atomic E-state index is 12.0. The summed E-state index contributed by atoms with van der Waals surface area (Å²) in [5.74, 6) is -1.31. The zero-order chi connectivity index (χ0) is 14.8. The number of methoxy groups -OCH3 is 1. The quantitative estimate of drug-likeness (QED) is 0.405. The van der Waals surface area contributed by atoms with Crippen LogP contribution in [-0.2, 0) is 28.5 Å². The molecule has 6 nitrogen and oxygen atoms in total. The van der Waals surface area contributed by atoms with Gasteiger partial charge >= 0.3 is 11.9 Å². The lowest BCUT2D eigenvalue weighted by Gasteiger charge is -2.32. The number of rotatable bonds is 1. The van der Waals surface area contributed by atoms with Crippen molar-refractivity contribution in [3.05, 3.63) is 35.6 Å². The Morgan fingerprint density at radius 1 is 1.48 bits per heavy atom. The molecule has 4 rings (SSSR count). The number of carbonyl (C=O) groups is 2. The van der Waals surface area contributed by atoms with E-state index >= 15 is 0 Å². The average Bonchev–Trinajstić information content (AvgIpc) is 3.08. The van der Waals surface area contributed by atoms with Crippen molar-refractivity contribution in [2.45, 2.75) is 24.9 Å². The topological polar surface area (TPSA) is 71.1 Å². The van der Waals surface area contributed by atoms with Crippen molar-refractivity contribution in [3.63, 3.8) is 0 Å². The van der Waals surface area contributed by atoms with Crippen LogP contribution >= 0.6 is 0 Å². The van der Waals surface area contributed by atoms with Gasteiger partial charge in [-0.3, -0.25) is 0 Å². The first-order valence-electron chi connectivity index (χ1n) is 6.80. The Bertz CT molecular complexity index is 630. The van der Waals surface area contributed by atoms with Crippen LogP contribution in [0.25, 0.3) is 0 Å². The van der Waals surface area contributed by atoms with E-state index < -0.39 is 24.0 Å². The van der Waals surface area contributed by atoms with Gasteiger partial charge in [-0.05, 0) is 13.0 Å². The summed E-state index contributed by atoms with van der Waals surface area (Å²) in [6, 6.07) is 0. The van der Waals surface area contributed by atoms with Gasteiger partial charge < -0.3 is 18.9 Å². The molecule has 2 saturated heterocycles. The predicted octanol–water partition coefficient (Wildman–Crippen LogP) is 0.842. The Labute approximate surface area is 121 Å². The van der Waals surface area contributed by atoms with Gasteiger partial charge in [0.1, 0.15) is 6.10 Å². The van der Waals surface area contributed by atoms with Gasteiger partial charge in [-0.15, -0.1) is 0 Å². The minimum atomic E-state index is -0.873. The summed E-state index contributed by atoms with van der Waals surface area (Å²) in [6.45, 7) is 1.77. The number of hydrogen-bond donors (Lipinski definition) is 0. The molecule has 3 aliphatic heterocycles. The molecule has 2 fully saturated rings. The summed E-state index contributed by atoms with van der Waals surface area (Å²) in [5.41, 5.74) is 0.0425. The van der Waals surface area contributed by atoms with E-state index in [1.54, 1.807) is 13.0 Å². The van der Waals surface area contributed by atoms with Crippen LogP contribution in [0.5, 0.6) is 0 Å². The molecule has 0 aromatic heterocycles. The molecule has 21 heavy (non-hydrogen) atoms. The first kappa shape index (κ1) is 12.6. The molecule has 1 aliphatic carbocycles. The Hall–Kier alpha value is -2.08. The third-order valence-corrected chi connectivity index (χ3v) is 4.65. The van der Waals surface area contributed by atoms with Crippen molar-refractivity contribution in [1.29, 1.82) is 0 Å². The normalized spacial score (nSPS) is 44.0. The SMILES string of the molecule is C/C=C1/C(=O)O[C@]23C=C[C@H]4C(C(=O)OC)=CO[C@H](O[C@@H]12)[C@@H]43. The summed E-state index contributed by atoms with van der Waals surface area (Å²) < 4.78 is 21.8. The van der Waals surface area contributed by atoms with E-state index in [2.05, 4.69) is 0 Å². The Balaban J connectivity index is 1.78.